The molecule has 0 saturated carbocycles. The molecule has 1 aliphatic heterocycles. The lowest BCUT2D eigenvalue weighted by Crippen LogP contribution is -2.51. The third-order valence-electron chi connectivity index (χ3n) is 4.25. The van der Waals surface area contributed by atoms with Gasteiger partial charge in [-0.1, -0.05) is 19.1 Å². The minimum Gasteiger partial charge on any atom is -0.392 e. The van der Waals surface area contributed by atoms with E-state index in [-0.39, 0.29) is 5.91 Å². The van der Waals surface area contributed by atoms with Crippen LogP contribution in [-0.2, 0) is 4.79 Å². The van der Waals surface area contributed by atoms with Gasteiger partial charge in [0, 0.05) is 19.6 Å². The standard InChI is InChI=1S/C14H27N3OS/c1-5-14(2,12(15)19)13(18)17-8-6-11(7-9-17)10-16(3)4/h11H,5-10H2,1-4H3,(H2,15,19). The van der Waals surface area contributed by atoms with Crippen LogP contribution in [-0.4, -0.2) is 54.4 Å². The van der Waals surface area contributed by atoms with Crippen LogP contribution in [0.5, 0.6) is 0 Å². The van der Waals surface area contributed by atoms with Crippen LogP contribution in [0, 0.1) is 11.3 Å². The van der Waals surface area contributed by atoms with Crippen LogP contribution in [0.25, 0.3) is 0 Å². The lowest BCUT2D eigenvalue weighted by molar-refractivity contribution is -0.139. The molecular formula is C14H27N3OS. The predicted octanol–water partition coefficient (Wildman–Crippen LogP) is 1.49. The molecule has 0 bridgehead atoms. The Kier molecular flexibility index (Phi) is 5.74. The summed E-state index contributed by atoms with van der Waals surface area (Å²) >= 11 is 5.08. The predicted molar refractivity (Wildman–Crippen MR) is 83.0 cm³/mol. The summed E-state index contributed by atoms with van der Waals surface area (Å²) in [4.78, 5) is 17.0. The molecule has 5 heteroatoms. The molecule has 1 saturated heterocycles. The molecule has 0 aromatic carbocycles. The van der Waals surface area contributed by atoms with E-state index in [9.17, 15) is 4.79 Å². The Morgan fingerprint density at radius 1 is 1.42 bits per heavy atom. The molecule has 1 unspecified atom stereocenters. The highest BCUT2D eigenvalue weighted by Gasteiger charge is 2.38. The first-order chi connectivity index (χ1) is 8.81. The Morgan fingerprint density at radius 3 is 2.32 bits per heavy atom. The number of hydrogen-bond acceptors (Lipinski definition) is 3. The summed E-state index contributed by atoms with van der Waals surface area (Å²) in [5, 5.41) is 0. The molecule has 0 aromatic heterocycles. The van der Waals surface area contributed by atoms with E-state index in [2.05, 4.69) is 19.0 Å². The fraction of sp³-hybridized carbons (Fsp3) is 0.857. The Balaban J connectivity index is 2.60. The average Bonchev–Trinajstić information content (AvgIpc) is 2.37. The van der Waals surface area contributed by atoms with E-state index in [0.29, 0.717) is 17.3 Å². The van der Waals surface area contributed by atoms with Gasteiger partial charge in [0.2, 0.25) is 5.91 Å². The topological polar surface area (TPSA) is 49.6 Å². The summed E-state index contributed by atoms with van der Waals surface area (Å²) in [6.07, 6.45) is 2.81. The van der Waals surface area contributed by atoms with E-state index in [1.54, 1.807) is 0 Å². The quantitative estimate of drug-likeness (QED) is 0.778. The minimum absolute atomic E-state index is 0.103. The molecule has 0 spiro atoms. The van der Waals surface area contributed by atoms with Crippen molar-refractivity contribution in [3.8, 4) is 0 Å². The molecule has 1 amide bonds. The highest BCUT2D eigenvalue weighted by Crippen LogP contribution is 2.28. The number of hydrogen-bond donors (Lipinski definition) is 1. The smallest absolute Gasteiger partial charge is 0.235 e. The number of nitrogens with zero attached hydrogens (tertiary/aromatic N) is 2. The van der Waals surface area contributed by atoms with E-state index >= 15 is 0 Å². The molecule has 1 fully saturated rings. The molecule has 1 rings (SSSR count). The van der Waals surface area contributed by atoms with Crippen molar-refractivity contribution >= 4 is 23.1 Å². The van der Waals surface area contributed by atoms with E-state index in [1.165, 1.54) is 0 Å². The van der Waals surface area contributed by atoms with Crippen molar-refractivity contribution < 1.29 is 4.79 Å². The largest absolute Gasteiger partial charge is 0.392 e. The Labute approximate surface area is 122 Å². The van der Waals surface area contributed by atoms with Gasteiger partial charge in [0.05, 0.1) is 10.4 Å². The van der Waals surface area contributed by atoms with Gasteiger partial charge in [-0.15, -0.1) is 0 Å². The van der Waals surface area contributed by atoms with Crippen molar-refractivity contribution in [2.75, 3.05) is 33.7 Å². The minimum atomic E-state index is -0.677. The van der Waals surface area contributed by atoms with Crippen LogP contribution in [0.2, 0.25) is 0 Å². The van der Waals surface area contributed by atoms with E-state index in [4.69, 9.17) is 18.0 Å². The van der Waals surface area contributed by atoms with Gasteiger partial charge in [0.15, 0.2) is 0 Å². The summed E-state index contributed by atoms with van der Waals surface area (Å²) in [7, 11) is 4.19. The van der Waals surface area contributed by atoms with Gasteiger partial charge in [0.1, 0.15) is 0 Å². The van der Waals surface area contributed by atoms with Gasteiger partial charge in [-0.25, -0.2) is 0 Å². The van der Waals surface area contributed by atoms with E-state index in [0.717, 1.165) is 32.5 Å². The second kappa shape index (κ2) is 6.66. The normalized spacial score (nSPS) is 20.4. The van der Waals surface area contributed by atoms with Gasteiger partial charge < -0.3 is 15.5 Å². The second-order valence-electron chi connectivity index (χ2n) is 6.05. The van der Waals surface area contributed by atoms with Gasteiger partial charge in [-0.3, -0.25) is 4.79 Å². The monoisotopic (exact) mass is 285 g/mol. The first-order valence-corrected chi connectivity index (χ1v) is 7.46. The maximum absolute atomic E-state index is 12.6. The third-order valence-corrected chi connectivity index (χ3v) is 4.70. The van der Waals surface area contributed by atoms with Gasteiger partial charge in [0.25, 0.3) is 0 Å². The molecule has 0 aromatic rings. The molecule has 0 aliphatic carbocycles. The maximum atomic E-state index is 12.6. The van der Waals surface area contributed by atoms with Crippen LogP contribution < -0.4 is 5.73 Å². The van der Waals surface area contributed by atoms with Crippen LogP contribution in [0.15, 0.2) is 0 Å². The molecule has 4 nitrogen and oxygen atoms in total. The summed E-state index contributed by atoms with van der Waals surface area (Å²) in [6.45, 7) is 6.59. The van der Waals surface area contributed by atoms with Crippen molar-refractivity contribution in [2.45, 2.75) is 33.1 Å². The van der Waals surface area contributed by atoms with Crippen molar-refractivity contribution in [3.63, 3.8) is 0 Å². The third kappa shape index (κ3) is 3.89. The fourth-order valence-electron chi connectivity index (χ4n) is 2.61. The van der Waals surface area contributed by atoms with Crippen molar-refractivity contribution in [3.05, 3.63) is 0 Å². The molecule has 1 atom stereocenters. The number of amides is 1. The Hall–Kier alpha value is -0.680. The molecule has 2 N–H and O–H groups in total. The zero-order chi connectivity index (χ0) is 14.6. The highest BCUT2D eigenvalue weighted by atomic mass is 32.1. The van der Waals surface area contributed by atoms with Gasteiger partial charge >= 0.3 is 0 Å². The zero-order valence-corrected chi connectivity index (χ0v) is 13.4. The molecular weight excluding hydrogens is 258 g/mol. The molecule has 1 aliphatic rings. The van der Waals surface area contributed by atoms with Crippen LogP contribution in [0.4, 0.5) is 0 Å². The number of carbonyl (C=O) groups excluding carboxylic acids is 1. The summed E-state index contributed by atoms with van der Waals surface area (Å²) in [5.41, 5.74) is 5.08. The van der Waals surface area contributed by atoms with Crippen LogP contribution in [0.1, 0.15) is 33.1 Å². The summed E-state index contributed by atoms with van der Waals surface area (Å²) in [5.74, 6) is 0.794. The first kappa shape index (κ1) is 16.4. The Bertz CT molecular complexity index is 338. The van der Waals surface area contributed by atoms with Crippen molar-refractivity contribution in [1.82, 2.24) is 9.80 Å². The number of likely N-dealkylation sites (tertiary alicyclic amines) is 1. The van der Waals surface area contributed by atoms with Crippen LogP contribution in [0.3, 0.4) is 0 Å². The SMILES string of the molecule is CCC(C)(C(=O)N1CCC(CN(C)C)CC1)C(N)=S. The van der Waals surface area contributed by atoms with E-state index < -0.39 is 5.41 Å². The first-order valence-electron chi connectivity index (χ1n) is 7.05. The number of piperidine rings is 1. The lowest BCUT2D eigenvalue weighted by atomic mass is 9.84. The average molecular weight is 285 g/mol. The number of thiocarbonyl (C=S) groups is 1. The number of nitrogens with two attached hydrogens (primary N) is 1. The second-order valence-corrected chi connectivity index (χ2v) is 6.49. The Morgan fingerprint density at radius 2 is 1.95 bits per heavy atom. The van der Waals surface area contributed by atoms with E-state index in [1.807, 2.05) is 18.7 Å². The molecule has 19 heavy (non-hydrogen) atoms. The maximum Gasteiger partial charge on any atom is 0.235 e. The summed E-state index contributed by atoms with van der Waals surface area (Å²) < 4.78 is 0. The van der Waals surface area contributed by atoms with Crippen molar-refractivity contribution in [1.29, 1.82) is 0 Å². The number of rotatable bonds is 5. The molecule has 0 radical (unpaired) electrons. The number of carbonyl (C=O) groups is 1. The molecule has 110 valence electrons. The summed E-state index contributed by atoms with van der Waals surface area (Å²) in [6, 6.07) is 0. The van der Waals surface area contributed by atoms with Crippen molar-refractivity contribution in [2.24, 2.45) is 17.1 Å². The lowest BCUT2D eigenvalue weighted by Gasteiger charge is -2.38. The fourth-order valence-corrected chi connectivity index (χ4v) is 2.85. The van der Waals surface area contributed by atoms with Crippen LogP contribution >= 0.6 is 12.2 Å². The molecule has 1 heterocycles. The van der Waals surface area contributed by atoms with Gasteiger partial charge in [-0.05, 0) is 46.2 Å². The highest BCUT2D eigenvalue weighted by molar-refractivity contribution is 7.80. The zero-order valence-electron chi connectivity index (χ0n) is 12.6. The van der Waals surface area contributed by atoms with Gasteiger partial charge in [-0.2, -0.15) is 0 Å².